The molecule has 1 aliphatic heterocycles. The number of piperidine rings is 1. The minimum Gasteiger partial charge on any atom is -0.497 e. The maximum absolute atomic E-state index is 12.5. The van der Waals surface area contributed by atoms with Crippen LogP contribution in [0.25, 0.3) is 0 Å². The van der Waals surface area contributed by atoms with Gasteiger partial charge in [-0.2, -0.15) is 0 Å². The molecule has 0 radical (unpaired) electrons. The fourth-order valence-corrected chi connectivity index (χ4v) is 4.32. The lowest BCUT2D eigenvalue weighted by Gasteiger charge is -2.31. The summed E-state index contributed by atoms with van der Waals surface area (Å²) in [4.78, 5) is 14.3. The van der Waals surface area contributed by atoms with Gasteiger partial charge in [0, 0.05) is 36.7 Å². The van der Waals surface area contributed by atoms with E-state index in [4.69, 9.17) is 4.74 Å². The molecule has 1 saturated carbocycles. The Kier molecular flexibility index (Phi) is 4.57. The highest BCUT2D eigenvalue weighted by Gasteiger charge is 2.30. The van der Waals surface area contributed by atoms with Crippen molar-refractivity contribution >= 4 is 23.1 Å². The van der Waals surface area contributed by atoms with Gasteiger partial charge in [0.1, 0.15) is 15.8 Å². The van der Waals surface area contributed by atoms with Crippen molar-refractivity contribution in [3.05, 3.63) is 34.3 Å². The Labute approximate surface area is 151 Å². The standard InChI is InChI=1S/C18H22N4O2S/c1-24-15-4-2-3-14(11-15)19-18(23)22-9-7-13(8-10-22)17-21-20-16(25-17)12-5-6-12/h2-4,11-13H,5-10H2,1H3,(H,19,23). The molecule has 0 bridgehead atoms. The van der Waals surface area contributed by atoms with Crippen molar-refractivity contribution < 1.29 is 9.53 Å². The maximum Gasteiger partial charge on any atom is 0.321 e. The molecular formula is C18H22N4O2S. The zero-order chi connectivity index (χ0) is 17.2. The zero-order valence-corrected chi connectivity index (χ0v) is 15.1. The number of methoxy groups -OCH3 is 1. The number of nitrogens with zero attached hydrogens (tertiary/aromatic N) is 3. The molecule has 1 aromatic carbocycles. The summed E-state index contributed by atoms with van der Waals surface area (Å²) in [5.41, 5.74) is 0.754. The van der Waals surface area contributed by atoms with Crippen molar-refractivity contribution in [2.45, 2.75) is 37.5 Å². The molecule has 1 saturated heterocycles. The number of aromatic nitrogens is 2. The first-order valence-corrected chi connectivity index (χ1v) is 9.58. The molecule has 2 fully saturated rings. The number of carbonyl (C=O) groups excluding carboxylic acids is 1. The van der Waals surface area contributed by atoms with E-state index >= 15 is 0 Å². The van der Waals surface area contributed by atoms with Gasteiger partial charge in [-0.15, -0.1) is 21.5 Å². The van der Waals surface area contributed by atoms with Gasteiger partial charge in [-0.1, -0.05) is 6.07 Å². The number of hydrogen-bond donors (Lipinski definition) is 1. The van der Waals surface area contributed by atoms with E-state index in [9.17, 15) is 4.79 Å². The van der Waals surface area contributed by atoms with Crippen LogP contribution in [0.15, 0.2) is 24.3 Å². The van der Waals surface area contributed by atoms with Crippen LogP contribution in [0, 0.1) is 0 Å². The van der Waals surface area contributed by atoms with Gasteiger partial charge in [0.05, 0.1) is 7.11 Å². The molecule has 7 heteroatoms. The number of rotatable bonds is 4. The lowest BCUT2D eigenvalue weighted by molar-refractivity contribution is 0.194. The first-order valence-electron chi connectivity index (χ1n) is 8.76. The number of carbonyl (C=O) groups is 1. The number of anilines is 1. The first-order chi connectivity index (χ1) is 12.2. The van der Waals surface area contributed by atoms with Crippen molar-refractivity contribution in [2.75, 3.05) is 25.5 Å². The van der Waals surface area contributed by atoms with Gasteiger partial charge in [-0.25, -0.2) is 4.79 Å². The van der Waals surface area contributed by atoms with E-state index in [0.29, 0.717) is 11.8 Å². The highest BCUT2D eigenvalue weighted by Crippen LogP contribution is 2.43. The van der Waals surface area contributed by atoms with Crippen LogP contribution < -0.4 is 10.1 Å². The second-order valence-corrected chi connectivity index (χ2v) is 7.72. The molecule has 6 nitrogen and oxygen atoms in total. The van der Waals surface area contributed by atoms with Gasteiger partial charge in [0.25, 0.3) is 0 Å². The predicted octanol–water partition coefficient (Wildman–Crippen LogP) is 3.84. The lowest BCUT2D eigenvalue weighted by Crippen LogP contribution is -2.40. The Morgan fingerprint density at radius 2 is 1.84 bits per heavy atom. The lowest BCUT2D eigenvalue weighted by atomic mass is 9.98. The highest BCUT2D eigenvalue weighted by atomic mass is 32.1. The third-order valence-corrected chi connectivity index (χ3v) is 6.08. The van der Waals surface area contributed by atoms with E-state index in [2.05, 4.69) is 15.5 Å². The summed E-state index contributed by atoms with van der Waals surface area (Å²) in [6, 6.07) is 7.37. The van der Waals surface area contributed by atoms with Gasteiger partial charge in [-0.3, -0.25) is 0 Å². The molecule has 0 unspecified atom stereocenters. The van der Waals surface area contributed by atoms with Gasteiger partial charge < -0.3 is 15.0 Å². The zero-order valence-electron chi connectivity index (χ0n) is 14.3. The molecule has 1 aliphatic carbocycles. The van der Waals surface area contributed by atoms with Gasteiger partial charge in [-0.05, 0) is 37.8 Å². The average molecular weight is 358 g/mol. The van der Waals surface area contributed by atoms with Crippen LogP contribution >= 0.6 is 11.3 Å². The van der Waals surface area contributed by atoms with Gasteiger partial charge in [0.15, 0.2) is 0 Å². The van der Waals surface area contributed by atoms with Gasteiger partial charge >= 0.3 is 6.03 Å². The van der Waals surface area contributed by atoms with E-state index in [1.807, 2.05) is 29.2 Å². The largest absolute Gasteiger partial charge is 0.497 e. The second kappa shape index (κ2) is 7.00. The van der Waals surface area contributed by atoms with Crippen molar-refractivity contribution in [1.82, 2.24) is 15.1 Å². The molecular weight excluding hydrogens is 336 g/mol. The van der Waals surface area contributed by atoms with Gasteiger partial charge in [0.2, 0.25) is 0 Å². The van der Waals surface area contributed by atoms with E-state index in [1.165, 1.54) is 17.8 Å². The van der Waals surface area contributed by atoms with E-state index in [1.54, 1.807) is 18.4 Å². The van der Waals surface area contributed by atoms with Crippen molar-refractivity contribution in [1.29, 1.82) is 0 Å². The number of nitrogens with one attached hydrogen (secondary N) is 1. The molecule has 1 aromatic heterocycles. The minimum absolute atomic E-state index is 0.0531. The van der Waals surface area contributed by atoms with Crippen LogP contribution in [0.2, 0.25) is 0 Å². The Bertz CT molecular complexity index is 751. The summed E-state index contributed by atoms with van der Waals surface area (Å²) < 4.78 is 5.19. The van der Waals surface area contributed by atoms with Crippen molar-refractivity contribution in [3.8, 4) is 5.75 Å². The number of urea groups is 1. The normalized spacial score (nSPS) is 18.2. The average Bonchev–Trinajstić information content (AvgIpc) is 3.39. The molecule has 0 atom stereocenters. The quantitative estimate of drug-likeness (QED) is 0.902. The number of hydrogen-bond acceptors (Lipinski definition) is 5. The summed E-state index contributed by atoms with van der Waals surface area (Å²) in [6.07, 6.45) is 4.42. The molecule has 0 spiro atoms. The van der Waals surface area contributed by atoms with E-state index in [-0.39, 0.29) is 6.03 Å². The second-order valence-electron chi connectivity index (χ2n) is 6.68. The summed E-state index contributed by atoms with van der Waals surface area (Å²) >= 11 is 1.77. The summed E-state index contributed by atoms with van der Waals surface area (Å²) in [5, 5.41) is 14.0. The van der Waals surface area contributed by atoms with Crippen LogP contribution in [0.4, 0.5) is 10.5 Å². The SMILES string of the molecule is COc1cccc(NC(=O)N2CCC(c3nnc(C4CC4)s3)CC2)c1. The maximum atomic E-state index is 12.5. The molecule has 132 valence electrons. The smallest absolute Gasteiger partial charge is 0.321 e. The highest BCUT2D eigenvalue weighted by molar-refractivity contribution is 7.11. The Morgan fingerprint density at radius 1 is 1.16 bits per heavy atom. The topological polar surface area (TPSA) is 67.3 Å². The number of amides is 2. The predicted molar refractivity (Wildman–Crippen MR) is 97.4 cm³/mol. The Balaban J connectivity index is 1.32. The van der Waals surface area contributed by atoms with E-state index in [0.717, 1.165) is 42.4 Å². The molecule has 2 heterocycles. The summed E-state index contributed by atoms with van der Waals surface area (Å²) in [5.74, 6) is 1.84. The molecule has 2 amide bonds. The number of likely N-dealkylation sites (tertiary alicyclic amines) is 1. The molecule has 4 rings (SSSR count). The van der Waals surface area contributed by atoms with Crippen LogP contribution in [-0.2, 0) is 0 Å². The van der Waals surface area contributed by atoms with Crippen LogP contribution in [0.1, 0.15) is 47.5 Å². The molecule has 1 N–H and O–H groups in total. The monoisotopic (exact) mass is 358 g/mol. The summed E-state index contributed by atoms with van der Waals surface area (Å²) in [6.45, 7) is 1.50. The number of benzene rings is 1. The van der Waals surface area contributed by atoms with Crippen molar-refractivity contribution in [2.24, 2.45) is 0 Å². The van der Waals surface area contributed by atoms with Crippen LogP contribution in [-0.4, -0.2) is 41.3 Å². The minimum atomic E-state index is -0.0531. The third-order valence-electron chi connectivity index (χ3n) is 4.84. The fourth-order valence-electron chi connectivity index (χ4n) is 3.14. The number of ether oxygens (including phenoxy) is 1. The fraction of sp³-hybridized carbons (Fsp3) is 0.500. The molecule has 2 aromatic rings. The van der Waals surface area contributed by atoms with Crippen molar-refractivity contribution in [3.63, 3.8) is 0 Å². The molecule has 25 heavy (non-hydrogen) atoms. The summed E-state index contributed by atoms with van der Waals surface area (Å²) in [7, 11) is 1.62. The van der Waals surface area contributed by atoms with E-state index < -0.39 is 0 Å². The third kappa shape index (κ3) is 3.76. The molecule has 2 aliphatic rings. The Hall–Kier alpha value is -2.15. The Morgan fingerprint density at radius 3 is 2.48 bits per heavy atom. The van der Waals surface area contributed by atoms with Crippen LogP contribution in [0.3, 0.4) is 0 Å². The van der Waals surface area contributed by atoms with Crippen LogP contribution in [0.5, 0.6) is 5.75 Å². The first kappa shape index (κ1) is 16.3.